The molecule has 0 unspecified atom stereocenters. The van der Waals surface area contributed by atoms with Gasteiger partial charge in [0.15, 0.2) is 0 Å². The third-order valence-corrected chi connectivity index (χ3v) is 6.59. The second-order valence-corrected chi connectivity index (χ2v) is 8.79. The third kappa shape index (κ3) is 3.30. The molecule has 25 heavy (non-hydrogen) atoms. The average molecular weight is 423 g/mol. The lowest BCUT2D eigenvalue weighted by atomic mass is 10.0. The van der Waals surface area contributed by atoms with Crippen LogP contribution in [0.15, 0.2) is 51.8 Å². The number of halogens is 1. The molecule has 1 aliphatic rings. The van der Waals surface area contributed by atoms with Crippen LogP contribution >= 0.6 is 15.9 Å². The fourth-order valence-electron chi connectivity index (χ4n) is 2.83. The van der Waals surface area contributed by atoms with Crippen LogP contribution in [0.25, 0.3) is 11.1 Å². The maximum absolute atomic E-state index is 13.1. The van der Waals surface area contributed by atoms with Crippen LogP contribution in [0.4, 0.5) is 5.69 Å². The Hall–Kier alpha value is -1.86. The standard InChI is InChI=1S/C18H19BrN2O3S/c1-3-12(2)20-18(22)11-21-16-9-8-13(19)10-15(16)14-6-4-5-7-17(14)25(21,23)24/h4-10,12H,3,11H2,1-2H3,(H,20,22)/t12-/m1/s1. The van der Waals surface area contributed by atoms with Crippen molar-refractivity contribution in [3.8, 4) is 11.1 Å². The molecule has 1 atom stereocenters. The molecule has 2 aromatic carbocycles. The minimum Gasteiger partial charge on any atom is -0.352 e. The molecule has 132 valence electrons. The first-order valence-corrected chi connectivity index (χ1v) is 10.3. The first-order valence-electron chi connectivity index (χ1n) is 8.05. The molecular formula is C18H19BrN2O3S. The zero-order valence-corrected chi connectivity index (χ0v) is 16.4. The van der Waals surface area contributed by atoms with Crippen molar-refractivity contribution in [2.75, 3.05) is 10.8 Å². The Morgan fingerprint density at radius 1 is 1.20 bits per heavy atom. The summed E-state index contributed by atoms with van der Waals surface area (Å²) in [4.78, 5) is 12.5. The third-order valence-electron chi connectivity index (χ3n) is 4.28. The summed E-state index contributed by atoms with van der Waals surface area (Å²) in [5, 5.41) is 2.83. The molecule has 2 aromatic rings. The Bertz CT molecular complexity index is 928. The van der Waals surface area contributed by atoms with Gasteiger partial charge < -0.3 is 5.32 Å². The van der Waals surface area contributed by atoms with Gasteiger partial charge in [0.25, 0.3) is 10.0 Å². The molecule has 1 N–H and O–H groups in total. The number of sulfonamides is 1. The lowest BCUT2D eigenvalue weighted by Gasteiger charge is -2.32. The van der Waals surface area contributed by atoms with Crippen LogP contribution in [-0.2, 0) is 14.8 Å². The van der Waals surface area contributed by atoms with Crippen LogP contribution in [-0.4, -0.2) is 26.9 Å². The van der Waals surface area contributed by atoms with Crippen LogP contribution in [0.5, 0.6) is 0 Å². The number of amides is 1. The number of anilines is 1. The molecule has 5 nitrogen and oxygen atoms in total. The number of carbonyl (C=O) groups is 1. The highest BCUT2D eigenvalue weighted by molar-refractivity contribution is 9.10. The summed E-state index contributed by atoms with van der Waals surface area (Å²) in [5.74, 6) is -0.314. The molecule has 3 rings (SSSR count). The van der Waals surface area contributed by atoms with Crippen molar-refractivity contribution >= 4 is 37.5 Å². The number of benzene rings is 2. The van der Waals surface area contributed by atoms with E-state index in [1.807, 2.05) is 26.0 Å². The zero-order valence-electron chi connectivity index (χ0n) is 14.0. The molecule has 0 aliphatic carbocycles. The van der Waals surface area contributed by atoms with Crippen LogP contribution < -0.4 is 9.62 Å². The van der Waals surface area contributed by atoms with E-state index < -0.39 is 10.0 Å². The van der Waals surface area contributed by atoms with Gasteiger partial charge in [0.05, 0.1) is 10.6 Å². The predicted molar refractivity (Wildman–Crippen MR) is 102 cm³/mol. The van der Waals surface area contributed by atoms with Gasteiger partial charge in [-0.25, -0.2) is 8.42 Å². The Labute approximate surface area is 156 Å². The van der Waals surface area contributed by atoms with E-state index in [1.54, 1.807) is 30.3 Å². The van der Waals surface area contributed by atoms with Crippen molar-refractivity contribution < 1.29 is 13.2 Å². The van der Waals surface area contributed by atoms with E-state index in [9.17, 15) is 13.2 Å². The number of rotatable bonds is 4. The van der Waals surface area contributed by atoms with E-state index in [0.717, 1.165) is 16.5 Å². The van der Waals surface area contributed by atoms with E-state index >= 15 is 0 Å². The number of nitrogens with zero attached hydrogens (tertiary/aromatic N) is 1. The summed E-state index contributed by atoms with van der Waals surface area (Å²) in [7, 11) is -3.79. The second kappa shape index (κ2) is 6.80. The van der Waals surface area contributed by atoms with E-state index in [1.165, 1.54) is 4.31 Å². The SMILES string of the molecule is CC[C@@H](C)NC(=O)CN1c2ccc(Br)cc2-c2ccccc2S1(=O)=O. The maximum Gasteiger partial charge on any atom is 0.265 e. The van der Waals surface area contributed by atoms with Crippen LogP contribution in [0, 0.1) is 0 Å². The van der Waals surface area contributed by atoms with Gasteiger partial charge in [-0.2, -0.15) is 0 Å². The van der Waals surface area contributed by atoms with E-state index in [-0.39, 0.29) is 23.4 Å². The minimum atomic E-state index is -3.79. The van der Waals surface area contributed by atoms with E-state index in [4.69, 9.17) is 0 Å². The molecule has 0 aromatic heterocycles. The molecule has 0 radical (unpaired) electrons. The second-order valence-electron chi connectivity index (χ2n) is 6.05. The summed E-state index contributed by atoms with van der Waals surface area (Å²) in [6.45, 7) is 3.62. The molecule has 0 spiro atoms. The van der Waals surface area contributed by atoms with Crippen molar-refractivity contribution in [1.82, 2.24) is 5.32 Å². The molecular weight excluding hydrogens is 404 g/mol. The zero-order chi connectivity index (χ0) is 18.2. The van der Waals surface area contributed by atoms with Crippen molar-refractivity contribution in [3.63, 3.8) is 0 Å². The monoisotopic (exact) mass is 422 g/mol. The first kappa shape index (κ1) is 17.9. The van der Waals surface area contributed by atoms with Gasteiger partial charge >= 0.3 is 0 Å². The van der Waals surface area contributed by atoms with Crippen LogP contribution in [0.1, 0.15) is 20.3 Å². The fourth-order valence-corrected chi connectivity index (χ4v) is 4.84. The molecule has 7 heteroatoms. The van der Waals surface area contributed by atoms with Gasteiger partial charge in [-0.05, 0) is 37.6 Å². The maximum atomic E-state index is 13.1. The summed E-state index contributed by atoms with van der Waals surface area (Å²) in [6, 6.07) is 12.2. The number of nitrogens with one attached hydrogen (secondary N) is 1. The Morgan fingerprint density at radius 2 is 1.92 bits per heavy atom. The van der Waals surface area contributed by atoms with Gasteiger partial charge in [0.1, 0.15) is 6.54 Å². The topological polar surface area (TPSA) is 66.5 Å². The van der Waals surface area contributed by atoms with Gasteiger partial charge in [-0.15, -0.1) is 0 Å². The van der Waals surface area contributed by atoms with E-state index in [0.29, 0.717) is 11.3 Å². The summed E-state index contributed by atoms with van der Waals surface area (Å²) in [5.41, 5.74) is 1.95. The fraction of sp³-hybridized carbons (Fsp3) is 0.278. The minimum absolute atomic E-state index is 0.00308. The lowest BCUT2D eigenvalue weighted by molar-refractivity contribution is -0.120. The number of hydrogen-bond donors (Lipinski definition) is 1. The highest BCUT2D eigenvalue weighted by Crippen LogP contribution is 2.43. The van der Waals surface area contributed by atoms with Crippen molar-refractivity contribution in [2.24, 2.45) is 0 Å². The van der Waals surface area contributed by atoms with Gasteiger partial charge in [-0.3, -0.25) is 9.10 Å². The van der Waals surface area contributed by atoms with Gasteiger partial charge in [0.2, 0.25) is 5.91 Å². The predicted octanol–water partition coefficient (Wildman–Crippen LogP) is 3.54. The molecule has 1 heterocycles. The van der Waals surface area contributed by atoms with Gasteiger partial charge in [-0.1, -0.05) is 41.1 Å². The Morgan fingerprint density at radius 3 is 2.64 bits per heavy atom. The first-order chi connectivity index (χ1) is 11.8. The normalized spacial score (nSPS) is 15.9. The van der Waals surface area contributed by atoms with E-state index in [2.05, 4.69) is 21.2 Å². The molecule has 0 bridgehead atoms. The molecule has 0 saturated heterocycles. The van der Waals surface area contributed by atoms with Crippen LogP contribution in [0.3, 0.4) is 0 Å². The largest absolute Gasteiger partial charge is 0.352 e. The lowest BCUT2D eigenvalue weighted by Crippen LogP contribution is -2.44. The number of fused-ring (bicyclic) bond motifs is 3. The molecule has 1 aliphatic heterocycles. The molecule has 0 fully saturated rings. The summed E-state index contributed by atoms with van der Waals surface area (Å²) < 4.78 is 28.2. The number of hydrogen-bond acceptors (Lipinski definition) is 3. The van der Waals surface area contributed by atoms with Crippen molar-refractivity contribution in [3.05, 3.63) is 46.9 Å². The Balaban J connectivity index is 2.09. The Kier molecular flexibility index (Phi) is 4.88. The summed E-state index contributed by atoms with van der Waals surface area (Å²) in [6.07, 6.45) is 0.783. The van der Waals surface area contributed by atoms with Crippen molar-refractivity contribution in [2.45, 2.75) is 31.2 Å². The highest BCUT2D eigenvalue weighted by atomic mass is 79.9. The van der Waals surface area contributed by atoms with Crippen molar-refractivity contribution in [1.29, 1.82) is 0 Å². The number of carbonyl (C=O) groups excluding carboxylic acids is 1. The van der Waals surface area contributed by atoms with Gasteiger partial charge in [0, 0.05) is 21.6 Å². The molecule has 1 amide bonds. The highest BCUT2D eigenvalue weighted by Gasteiger charge is 2.35. The summed E-state index contributed by atoms with van der Waals surface area (Å²) >= 11 is 3.44. The average Bonchev–Trinajstić information content (AvgIpc) is 2.59. The van der Waals surface area contributed by atoms with Crippen LogP contribution in [0.2, 0.25) is 0 Å². The smallest absolute Gasteiger partial charge is 0.265 e. The quantitative estimate of drug-likeness (QED) is 0.818. The molecule has 0 saturated carbocycles.